The molecule has 0 fully saturated rings. The van der Waals surface area contributed by atoms with E-state index in [-0.39, 0.29) is 12.0 Å². The van der Waals surface area contributed by atoms with E-state index in [1.807, 2.05) is 18.2 Å². The highest BCUT2D eigenvalue weighted by Gasteiger charge is 2.15. The molecule has 7 nitrogen and oxygen atoms in total. The van der Waals surface area contributed by atoms with Crippen LogP contribution in [0, 0.1) is 5.41 Å². The molecule has 2 amide bonds. The van der Waals surface area contributed by atoms with Crippen LogP contribution in [-0.4, -0.2) is 48.7 Å². The highest BCUT2D eigenvalue weighted by molar-refractivity contribution is 5.93. The lowest BCUT2D eigenvalue weighted by Crippen LogP contribution is -2.48. The van der Waals surface area contributed by atoms with Crippen LogP contribution in [0.25, 0.3) is 0 Å². The van der Waals surface area contributed by atoms with Gasteiger partial charge in [0.25, 0.3) is 0 Å². The van der Waals surface area contributed by atoms with Gasteiger partial charge in [0.1, 0.15) is 0 Å². The zero-order valence-corrected chi connectivity index (χ0v) is 11.6. The Hall–Kier alpha value is -2.15. The van der Waals surface area contributed by atoms with E-state index in [0.717, 1.165) is 12.1 Å². The summed E-state index contributed by atoms with van der Waals surface area (Å²) in [5.74, 6) is -0.263. The Morgan fingerprint density at radius 3 is 2.95 bits per heavy atom. The number of methoxy groups -OCH3 is 1. The average molecular weight is 279 g/mol. The Labute approximate surface area is 118 Å². The minimum atomic E-state index is -0.379. The molecular formula is C13H21N5O2. The summed E-state index contributed by atoms with van der Waals surface area (Å²) < 4.78 is 4.84. The van der Waals surface area contributed by atoms with Crippen molar-refractivity contribution in [3.8, 4) is 0 Å². The first-order chi connectivity index (χ1) is 9.65. The summed E-state index contributed by atoms with van der Waals surface area (Å²) in [6.45, 7) is 1.19. The van der Waals surface area contributed by atoms with Gasteiger partial charge in [-0.25, -0.2) is 4.79 Å². The van der Waals surface area contributed by atoms with Crippen molar-refractivity contribution in [3.63, 3.8) is 0 Å². The fourth-order valence-electron chi connectivity index (χ4n) is 1.65. The molecule has 0 bridgehead atoms. The van der Waals surface area contributed by atoms with Crippen LogP contribution in [0.5, 0.6) is 0 Å². The van der Waals surface area contributed by atoms with Gasteiger partial charge in [-0.1, -0.05) is 6.07 Å². The van der Waals surface area contributed by atoms with Crippen LogP contribution in [0.4, 0.5) is 4.79 Å². The maximum absolute atomic E-state index is 11.8. The molecule has 0 aliphatic heterocycles. The van der Waals surface area contributed by atoms with Gasteiger partial charge < -0.3 is 15.8 Å². The summed E-state index contributed by atoms with van der Waals surface area (Å²) in [6, 6.07) is 5.32. The summed E-state index contributed by atoms with van der Waals surface area (Å²) in [5.41, 5.74) is 6.38. The molecule has 4 N–H and O–H groups in total. The Bertz CT molecular complexity index is 424. The van der Waals surface area contributed by atoms with Crippen molar-refractivity contribution in [2.45, 2.75) is 12.8 Å². The number of nitrogens with zero attached hydrogens (tertiary/aromatic N) is 2. The largest absolute Gasteiger partial charge is 0.383 e. The number of aromatic nitrogens is 1. The van der Waals surface area contributed by atoms with Gasteiger partial charge in [0, 0.05) is 32.1 Å². The molecule has 1 aromatic rings. The molecule has 0 aromatic carbocycles. The van der Waals surface area contributed by atoms with Gasteiger partial charge in [0.05, 0.1) is 6.61 Å². The van der Waals surface area contributed by atoms with Crippen LogP contribution < -0.4 is 11.1 Å². The number of carbonyl (C=O) groups is 1. The van der Waals surface area contributed by atoms with Crippen LogP contribution in [-0.2, 0) is 11.2 Å². The number of nitrogens with two attached hydrogens (primary N) is 1. The van der Waals surface area contributed by atoms with Gasteiger partial charge in [-0.15, -0.1) is 0 Å². The van der Waals surface area contributed by atoms with Gasteiger partial charge in [-0.3, -0.25) is 15.3 Å². The van der Waals surface area contributed by atoms with E-state index in [0.29, 0.717) is 26.1 Å². The van der Waals surface area contributed by atoms with E-state index >= 15 is 0 Å². The molecule has 7 heteroatoms. The SMILES string of the molecule is COCCNC(=O)N(CCCc1ccccn1)C(=N)N. The number of carbonyl (C=O) groups excluding carboxylic acids is 1. The number of rotatable bonds is 7. The number of guanidine groups is 1. The van der Waals surface area contributed by atoms with E-state index in [2.05, 4.69) is 10.3 Å². The Morgan fingerprint density at radius 1 is 1.55 bits per heavy atom. The molecule has 110 valence electrons. The fourth-order valence-corrected chi connectivity index (χ4v) is 1.65. The molecule has 1 rings (SSSR count). The van der Waals surface area contributed by atoms with E-state index < -0.39 is 0 Å². The maximum atomic E-state index is 11.8. The van der Waals surface area contributed by atoms with Gasteiger partial charge in [-0.2, -0.15) is 0 Å². The highest BCUT2D eigenvalue weighted by atomic mass is 16.5. The second kappa shape index (κ2) is 8.87. The molecular weight excluding hydrogens is 258 g/mol. The normalized spacial score (nSPS) is 10.1. The van der Waals surface area contributed by atoms with Gasteiger partial charge in [0.15, 0.2) is 5.96 Å². The van der Waals surface area contributed by atoms with Crippen LogP contribution >= 0.6 is 0 Å². The van der Waals surface area contributed by atoms with Crippen molar-refractivity contribution in [2.75, 3.05) is 26.8 Å². The van der Waals surface area contributed by atoms with E-state index in [9.17, 15) is 4.79 Å². The molecule has 1 aromatic heterocycles. The van der Waals surface area contributed by atoms with Crippen molar-refractivity contribution < 1.29 is 9.53 Å². The predicted molar refractivity (Wildman–Crippen MR) is 76.5 cm³/mol. The highest BCUT2D eigenvalue weighted by Crippen LogP contribution is 2.00. The van der Waals surface area contributed by atoms with E-state index in [1.54, 1.807) is 13.3 Å². The van der Waals surface area contributed by atoms with Crippen LogP contribution in [0.15, 0.2) is 24.4 Å². The molecule has 0 radical (unpaired) electrons. The number of ether oxygens (including phenoxy) is 1. The zero-order valence-electron chi connectivity index (χ0n) is 11.6. The predicted octanol–water partition coefficient (Wildman–Crippen LogP) is 0.566. The minimum absolute atomic E-state index is 0.263. The van der Waals surface area contributed by atoms with Crippen LogP contribution in [0.1, 0.15) is 12.1 Å². The van der Waals surface area contributed by atoms with Crippen molar-refractivity contribution in [1.82, 2.24) is 15.2 Å². The Kier molecular flexibility index (Phi) is 7.05. The number of hydrogen-bond donors (Lipinski definition) is 3. The first-order valence-electron chi connectivity index (χ1n) is 6.43. The van der Waals surface area contributed by atoms with Crippen molar-refractivity contribution in [3.05, 3.63) is 30.1 Å². The lowest BCUT2D eigenvalue weighted by Gasteiger charge is -2.20. The molecule has 0 saturated carbocycles. The third kappa shape index (κ3) is 5.66. The number of nitrogens with one attached hydrogen (secondary N) is 2. The monoisotopic (exact) mass is 279 g/mol. The summed E-state index contributed by atoms with van der Waals surface area (Å²) in [7, 11) is 1.56. The second-order valence-electron chi connectivity index (χ2n) is 4.19. The topological polar surface area (TPSA) is 104 Å². The lowest BCUT2D eigenvalue weighted by atomic mass is 10.2. The number of aryl methyl sites for hydroxylation is 1. The van der Waals surface area contributed by atoms with E-state index in [1.165, 1.54) is 4.90 Å². The van der Waals surface area contributed by atoms with Crippen LogP contribution in [0.3, 0.4) is 0 Å². The standard InChI is InChI=1S/C13H21N5O2/c1-20-10-8-17-13(19)18(12(14)15)9-4-6-11-5-2-3-7-16-11/h2-3,5,7H,4,6,8-10H2,1H3,(H3,14,15)(H,17,19). The molecule has 1 heterocycles. The molecule has 20 heavy (non-hydrogen) atoms. The molecule has 0 aliphatic rings. The number of pyridine rings is 1. The summed E-state index contributed by atoms with van der Waals surface area (Å²) in [5, 5.41) is 10.1. The smallest absolute Gasteiger partial charge is 0.324 e. The number of hydrogen-bond acceptors (Lipinski definition) is 4. The zero-order chi connectivity index (χ0) is 14.8. The first-order valence-corrected chi connectivity index (χ1v) is 6.43. The Balaban J connectivity index is 2.39. The van der Waals surface area contributed by atoms with Gasteiger partial charge in [-0.05, 0) is 25.0 Å². The quantitative estimate of drug-likeness (QED) is 0.385. The molecule has 0 spiro atoms. The number of urea groups is 1. The lowest BCUT2D eigenvalue weighted by molar-refractivity contribution is 0.189. The van der Waals surface area contributed by atoms with Crippen molar-refractivity contribution >= 4 is 12.0 Å². The molecule has 0 unspecified atom stereocenters. The maximum Gasteiger partial charge on any atom is 0.324 e. The number of amides is 2. The summed E-state index contributed by atoms with van der Waals surface area (Å²) >= 11 is 0. The average Bonchev–Trinajstić information content (AvgIpc) is 2.44. The molecule has 0 atom stereocenters. The summed E-state index contributed by atoms with van der Waals surface area (Å²) in [4.78, 5) is 17.2. The van der Waals surface area contributed by atoms with Gasteiger partial charge in [0.2, 0.25) is 0 Å². The second-order valence-corrected chi connectivity index (χ2v) is 4.19. The first kappa shape index (κ1) is 15.9. The van der Waals surface area contributed by atoms with Gasteiger partial charge >= 0.3 is 6.03 Å². The molecule has 0 aliphatic carbocycles. The summed E-state index contributed by atoms with van der Waals surface area (Å²) in [6.07, 6.45) is 3.15. The third-order valence-corrected chi connectivity index (χ3v) is 2.66. The van der Waals surface area contributed by atoms with Crippen molar-refractivity contribution in [1.29, 1.82) is 5.41 Å². The Morgan fingerprint density at radius 2 is 2.35 bits per heavy atom. The van der Waals surface area contributed by atoms with Crippen molar-refractivity contribution in [2.24, 2.45) is 5.73 Å². The van der Waals surface area contributed by atoms with Crippen LogP contribution in [0.2, 0.25) is 0 Å². The van der Waals surface area contributed by atoms with E-state index in [4.69, 9.17) is 15.9 Å². The third-order valence-electron chi connectivity index (χ3n) is 2.66. The fraction of sp³-hybridized carbons (Fsp3) is 0.462. The minimum Gasteiger partial charge on any atom is -0.383 e. The molecule has 0 saturated heterocycles.